The molecule has 4 rings (SSSR count). The molecule has 1 aromatic carbocycles. The molecule has 2 saturated heterocycles. The van der Waals surface area contributed by atoms with Crippen molar-refractivity contribution in [1.82, 2.24) is 15.2 Å². The maximum atomic E-state index is 12.1. The summed E-state index contributed by atoms with van der Waals surface area (Å²) in [5, 5.41) is 14.7. The number of thioether (sulfide) groups is 1. The van der Waals surface area contributed by atoms with Gasteiger partial charge in [-0.2, -0.15) is 11.8 Å². The van der Waals surface area contributed by atoms with Crippen molar-refractivity contribution in [3.05, 3.63) is 46.5 Å². The molecule has 2 aliphatic rings. The Hall–Kier alpha value is -2.48. The van der Waals surface area contributed by atoms with Crippen LogP contribution in [0.5, 0.6) is 0 Å². The van der Waals surface area contributed by atoms with Crippen molar-refractivity contribution in [1.29, 1.82) is 5.41 Å². The minimum atomic E-state index is -0.307. The van der Waals surface area contributed by atoms with E-state index in [1.54, 1.807) is 4.57 Å². The Morgan fingerprint density at radius 2 is 2.12 bits per heavy atom. The summed E-state index contributed by atoms with van der Waals surface area (Å²) in [5.74, 6) is 0.703. The van der Waals surface area contributed by atoms with Crippen molar-refractivity contribution in [2.24, 2.45) is 0 Å². The van der Waals surface area contributed by atoms with E-state index in [2.05, 4.69) is 16.7 Å². The molecule has 0 spiro atoms. The summed E-state index contributed by atoms with van der Waals surface area (Å²) in [5.41, 5.74) is 3.22. The third-order valence-electron chi connectivity index (χ3n) is 6.27. The van der Waals surface area contributed by atoms with Gasteiger partial charge in [0.25, 0.3) is 0 Å². The molecule has 0 unspecified atom stereocenters. The van der Waals surface area contributed by atoms with Gasteiger partial charge in [0.2, 0.25) is 0 Å². The first-order valence-electron chi connectivity index (χ1n) is 11.5. The van der Waals surface area contributed by atoms with Crippen molar-refractivity contribution in [3.63, 3.8) is 0 Å². The Kier molecular flexibility index (Phi) is 7.40. The average molecular weight is 457 g/mol. The minimum Gasteiger partial charge on any atom is -0.408 e. The van der Waals surface area contributed by atoms with E-state index in [-0.39, 0.29) is 17.8 Å². The molecular weight excluding hydrogens is 424 g/mol. The fourth-order valence-electron chi connectivity index (χ4n) is 4.53. The first-order chi connectivity index (χ1) is 15.5. The molecule has 2 amide bonds. The molecule has 172 valence electrons. The summed E-state index contributed by atoms with van der Waals surface area (Å²) in [6, 6.07) is 6.33. The highest BCUT2D eigenvalue weighted by Crippen LogP contribution is 2.33. The lowest BCUT2D eigenvalue weighted by Gasteiger charge is -2.16. The van der Waals surface area contributed by atoms with Gasteiger partial charge in [-0.3, -0.25) is 4.57 Å². The van der Waals surface area contributed by atoms with Gasteiger partial charge in [-0.15, -0.1) is 0 Å². The number of aryl methyl sites for hydroxylation is 2. The number of nitrogens with one attached hydrogen (secondary N) is 3. The number of benzene rings is 1. The lowest BCUT2D eigenvalue weighted by Crippen LogP contribution is -2.36. The van der Waals surface area contributed by atoms with Crippen LogP contribution in [0.3, 0.4) is 0 Å². The smallest absolute Gasteiger partial charge is 0.408 e. The number of carbonyl (C=O) groups excluding carboxylic acids is 1. The Morgan fingerprint density at radius 3 is 3.00 bits per heavy atom. The molecule has 0 saturated carbocycles. The minimum absolute atomic E-state index is 0.0213. The van der Waals surface area contributed by atoms with Crippen LogP contribution in [0.25, 0.3) is 11.1 Å². The molecule has 2 aromatic rings. The molecule has 3 heterocycles. The van der Waals surface area contributed by atoms with Gasteiger partial charge in [-0.1, -0.05) is 18.6 Å². The van der Waals surface area contributed by atoms with Crippen molar-refractivity contribution < 1.29 is 9.21 Å². The molecule has 8 heteroatoms. The number of unbranched alkanes of at least 4 members (excludes halogenated alkanes) is 3. The molecule has 0 bridgehead atoms. The summed E-state index contributed by atoms with van der Waals surface area (Å²) in [7, 11) is 0. The van der Waals surface area contributed by atoms with Crippen LogP contribution in [0.4, 0.5) is 4.79 Å². The summed E-state index contributed by atoms with van der Waals surface area (Å²) >= 11 is 1.96. The SMILES string of the molecule is Cc1ccc2oc(=O)n(CCCCC(=N)C=CCCCC[C@@H]3SC[C@@H]4NC(=O)N[C@@H]43)c2c1. The highest BCUT2D eigenvalue weighted by atomic mass is 32.2. The molecule has 32 heavy (non-hydrogen) atoms. The van der Waals surface area contributed by atoms with Crippen LogP contribution in [-0.4, -0.2) is 39.4 Å². The summed E-state index contributed by atoms with van der Waals surface area (Å²) in [6.07, 6.45) is 10.8. The van der Waals surface area contributed by atoms with Crippen LogP contribution < -0.4 is 16.4 Å². The lowest BCUT2D eigenvalue weighted by molar-refractivity contribution is 0.247. The highest BCUT2D eigenvalue weighted by molar-refractivity contribution is 8.00. The van der Waals surface area contributed by atoms with Gasteiger partial charge in [-0.05, 0) is 69.2 Å². The molecule has 2 fully saturated rings. The largest absolute Gasteiger partial charge is 0.419 e. The zero-order chi connectivity index (χ0) is 22.5. The standard InChI is InChI=1S/C24H32N4O3S/c1-16-11-12-20-19(14-16)28(24(30)31-20)13-7-6-9-17(25)8-4-2-3-5-10-21-22-18(15-32-21)26-23(29)27-22/h4,8,11-12,14,18,21-22,25H,2-3,5-7,9-10,13,15H2,1H3,(H2,26,27,29)/t18-,21-,22-/m0/s1. The number of amides is 2. The third kappa shape index (κ3) is 5.46. The summed E-state index contributed by atoms with van der Waals surface area (Å²) in [6.45, 7) is 2.62. The van der Waals surface area contributed by atoms with Gasteiger partial charge < -0.3 is 20.5 Å². The first kappa shape index (κ1) is 22.7. The second-order valence-corrected chi connectivity index (χ2v) is 10.1. The van der Waals surface area contributed by atoms with Crippen LogP contribution in [0, 0.1) is 12.3 Å². The number of aromatic nitrogens is 1. The molecule has 0 radical (unpaired) electrons. The van der Waals surface area contributed by atoms with E-state index in [4.69, 9.17) is 9.83 Å². The van der Waals surface area contributed by atoms with E-state index in [0.717, 1.165) is 55.4 Å². The second-order valence-electron chi connectivity index (χ2n) is 8.78. The number of hydrogen-bond acceptors (Lipinski definition) is 5. The molecule has 3 N–H and O–H groups in total. The van der Waals surface area contributed by atoms with Crippen LogP contribution in [0.15, 0.2) is 39.6 Å². The Labute approximate surface area is 192 Å². The average Bonchev–Trinajstić information content (AvgIpc) is 3.40. The molecule has 3 atom stereocenters. The Morgan fingerprint density at radius 1 is 1.25 bits per heavy atom. The monoisotopic (exact) mass is 456 g/mol. The van der Waals surface area contributed by atoms with Crippen LogP contribution in [0.1, 0.15) is 50.5 Å². The predicted molar refractivity (Wildman–Crippen MR) is 130 cm³/mol. The van der Waals surface area contributed by atoms with Gasteiger partial charge in [0, 0.05) is 23.3 Å². The number of nitrogens with zero attached hydrogens (tertiary/aromatic N) is 1. The van der Waals surface area contributed by atoms with Gasteiger partial charge >= 0.3 is 11.8 Å². The fraction of sp³-hybridized carbons (Fsp3) is 0.542. The van der Waals surface area contributed by atoms with Crippen molar-refractivity contribution >= 4 is 34.6 Å². The Bertz CT molecular complexity index is 1060. The van der Waals surface area contributed by atoms with Gasteiger partial charge in [-0.25, -0.2) is 9.59 Å². The number of hydrogen-bond donors (Lipinski definition) is 3. The van der Waals surface area contributed by atoms with Crippen molar-refractivity contribution in [3.8, 4) is 0 Å². The zero-order valence-electron chi connectivity index (χ0n) is 18.6. The van der Waals surface area contributed by atoms with Gasteiger partial charge in [0.1, 0.15) is 0 Å². The maximum absolute atomic E-state index is 12.1. The summed E-state index contributed by atoms with van der Waals surface area (Å²) < 4.78 is 7.00. The molecule has 0 aliphatic carbocycles. The summed E-state index contributed by atoms with van der Waals surface area (Å²) in [4.78, 5) is 23.5. The Balaban J connectivity index is 1.10. The van der Waals surface area contributed by atoms with E-state index in [9.17, 15) is 9.59 Å². The first-order valence-corrected chi connectivity index (χ1v) is 12.6. The van der Waals surface area contributed by atoms with E-state index in [1.165, 1.54) is 0 Å². The lowest BCUT2D eigenvalue weighted by atomic mass is 10.0. The number of oxazole rings is 1. The zero-order valence-corrected chi connectivity index (χ0v) is 19.4. The third-order valence-corrected chi connectivity index (χ3v) is 7.78. The number of urea groups is 1. The van der Waals surface area contributed by atoms with E-state index in [1.807, 2.05) is 43.0 Å². The molecule has 7 nitrogen and oxygen atoms in total. The number of rotatable bonds is 11. The van der Waals surface area contributed by atoms with Crippen LogP contribution >= 0.6 is 11.8 Å². The molecule has 2 aliphatic heterocycles. The number of carbonyl (C=O) groups is 1. The number of allylic oxidation sites excluding steroid dienone is 2. The van der Waals surface area contributed by atoms with E-state index >= 15 is 0 Å². The maximum Gasteiger partial charge on any atom is 0.419 e. The fourth-order valence-corrected chi connectivity index (χ4v) is 6.07. The molecule has 1 aromatic heterocycles. The van der Waals surface area contributed by atoms with Gasteiger partial charge in [0.05, 0.1) is 17.6 Å². The van der Waals surface area contributed by atoms with E-state index in [0.29, 0.717) is 35.6 Å². The van der Waals surface area contributed by atoms with Crippen molar-refractivity contribution in [2.75, 3.05) is 5.75 Å². The predicted octanol–water partition coefficient (Wildman–Crippen LogP) is 4.37. The van der Waals surface area contributed by atoms with E-state index < -0.39 is 0 Å². The highest BCUT2D eigenvalue weighted by Gasteiger charge is 2.42. The number of fused-ring (bicyclic) bond motifs is 2. The molecular formula is C24H32N4O3S. The van der Waals surface area contributed by atoms with Gasteiger partial charge in [0.15, 0.2) is 5.58 Å². The normalized spacial score (nSPS) is 22.4. The van der Waals surface area contributed by atoms with Crippen LogP contribution in [0.2, 0.25) is 0 Å². The van der Waals surface area contributed by atoms with Crippen molar-refractivity contribution in [2.45, 2.75) is 75.7 Å². The van der Waals surface area contributed by atoms with Crippen LogP contribution in [-0.2, 0) is 6.54 Å². The second kappa shape index (κ2) is 10.4. The topological polar surface area (TPSA) is 100 Å². The quantitative estimate of drug-likeness (QED) is 0.265.